The number of rotatable bonds is 5. The van der Waals surface area contributed by atoms with Crippen molar-refractivity contribution in [2.45, 2.75) is 19.9 Å². The third-order valence-electron chi connectivity index (χ3n) is 4.04. The molecule has 6 nitrogen and oxygen atoms in total. The summed E-state index contributed by atoms with van der Waals surface area (Å²) in [5.74, 6) is 0.117. The summed E-state index contributed by atoms with van der Waals surface area (Å²) < 4.78 is 13.9. The van der Waals surface area contributed by atoms with Crippen molar-refractivity contribution >= 4 is 11.4 Å². The first kappa shape index (κ1) is 20.1. The molecule has 27 heavy (non-hydrogen) atoms. The lowest BCUT2D eigenvalue weighted by molar-refractivity contribution is -0.384. The molecule has 0 spiro atoms. The molecule has 1 aromatic heterocycles. The summed E-state index contributed by atoms with van der Waals surface area (Å²) in [6.45, 7) is 4.17. The van der Waals surface area contributed by atoms with Gasteiger partial charge in [0.2, 0.25) is 0 Å². The van der Waals surface area contributed by atoms with E-state index in [9.17, 15) is 14.5 Å². The van der Waals surface area contributed by atoms with E-state index in [1.807, 2.05) is 16.8 Å². The van der Waals surface area contributed by atoms with Crippen molar-refractivity contribution in [3.05, 3.63) is 88.7 Å². The summed E-state index contributed by atoms with van der Waals surface area (Å²) in [5, 5.41) is 14.0. The Hall–Kier alpha value is -3.22. The topological polar surface area (TPSA) is 73.0 Å². The van der Waals surface area contributed by atoms with Crippen LogP contribution < -0.4 is 5.32 Å². The average molecular weight is 370 g/mol. The minimum absolute atomic E-state index is 0.0297. The van der Waals surface area contributed by atoms with Gasteiger partial charge in [-0.05, 0) is 29.7 Å². The zero-order valence-electron chi connectivity index (χ0n) is 15.5. The summed E-state index contributed by atoms with van der Waals surface area (Å²) in [7, 11) is 1.68. The highest BCUT2D eigenvalue weighted by Gasteiger charge is 2.21. The van der Waals surface area contributed by atoms with Gasteiger partial charge in [-0.15, -0.1) is 0 Å². The minimum atomic E-state index is -0.360. The smallest absolute Gasteiger partial charge is 0.292 e. The van der Waals surface area contributed by atoms with Gasteiger partial charge in [0.15, 0.2) is 0 Å². The number of halogens is 1. The highest BCUT2D eigenvalue weighted by Crippen LogP contribution is 2.32. The van der Waals surface area contributed by atoms with Crippen molar-refractivity contribution in [1.82, 2.24) is 9.55 Å². The molecule has 3 aromatic rings. The van der Waals surface area contributed by atoms with Crippen LogP contribution in [0.2, 0.25) is 0 Å². The molecule has 0 saturated carbocycles. The van der Waals surface area contributed by atoms with Crippen molar-refractivity contribution in [3.8, 4) is 0 Å². The third-order valence-corrected chi connectivity index (χ3v) is 4.04. The van der Waals surface area contributed by atoms with Crippen molar-refractivity contribution in [3.63, 3.8) is 0 Å². The van der Waals surface area contributed by atoms with Crippen molar-refractivity contribution in [2.75, 3.05) is 12.4 Å². The number of anilines is 1. The Balaban J connectivity index is 0.000000313. The molecule has 1 atom stereocenters. The molecule has 2 aromatic carbocycles. The van der Waals surface area contributed by atoms with E-state index in [4.69, 9.17) is 0 Å². The first-order valence-corrected chi connectivity index (χ1v) is 8.58. The normalized spacial score (nSPS) is 11.4. The molecule has 0 aliphatic rings. The number of imidazole rings is 1. The van der Waals surface area contributed by atoms with Gasteiger partial charge in [-0.2, -0.15) is 0 Å². The van der Waals surface area contributed by atoms with Gasteiger partial charge in [0.1, 0.15) is 11.5 Å². The van der Waals surface area contributed by atoms with Gasteiger partial charge >= 0.3 is 0 Å². The maximum Gasteiger partial charge on any atom is 0.292 e. The maximum absolute atomic E-state index is 11.9. The van der Waals surface area contributed by atoms with E-state index < -0.39 is 0 Å². The van der Waals surface area contributed by atoms with E-state index in [0.717, 1.165) is 5.56 Å². The Morgan fingerprint density at radius 3 is 2.33 bits per heavy atom. The number of nitrogens with zero attached hydrogens (tertiary/aromatic N) is 3. The van der Waals surface area contributed by atoms with E-state index in [1.165, 1.54) is 12.1 Å². The zero-order chi connectivity index (χ0) is 19.8. The number of aromatic nitrogens is 2. The SMILES string of the molecule is CNc1ccc(C(C(C)C)n2ccnc2)cc1[N+](=O)[O-].Fc1ccccc1. The first-order chi connectivity index (χ1) is 12.9. The summed E-state index contributed by atoms with van der Waals surface area (Å²) in [6, 6.07) is 13.3. The molecule has 0 bridgehead atoms. The zero-order valence-corrected chi connectivity index (χ0v) is 15.5. The van der Waals surface area contributed by atoms with Crippen LogP contribution >= 0.6 is 0 Å². The van der Waals surface area contributed by atoms with Gasteiger partial charge in [-0.25, -0.2) is 9.37 Å². The highest BCUT2D eigenvalue weighted by atomic mass is 19.1. The van der Waals surface area contributed by atoms with Crippen LogP contribution in [-0.4, -0.2) is 21.5 Å². The number of hydrogen-bond donors (Lipinski definition) is 1. The molecule has 0 fully saturated rings. The van der Waals surface area contributed by atoms with Gasteiger partial charge in [0.25, 0.3) is 5.69 Å². The van der Waals surface area contributed by atoms with Crippen LogP contribution in [0.1, 0.15) is 25.5 Å². The fraction of sp³-hybridized carbons (Fsp3) is 0.250. The van der Waals surface area contributed by atoms with E-state index >= 15 is 0 Å². The maximum atomic E-state index is 11.9. The molecule has 0 saturated heterocycles. The van der Waals surface area contributed by atoms with E-state index in [-0.39, 0.29) is 22.5 Å². The summed E-state index contributed by atoms with van der Waals surface area (Å²) >= 11 is 0. The summed E-state index contributed by atoms with van der Waals surface area (Å²) in [4.78, 5) is 14.9. The Morgan fingerprint density at radius 1 is 1.19 bits per heavy atom. The van der Waals surface area contributed by atoms with Gasteiger partial charge in [0, 0.05) is 25.5 Å². The lowest BCUT2D eigenvalue weighted by Gasteiger charge is -2.23. The standard InChI is InChI=1S/C14H18N4O2.C6H5F/c1-10(2)14(17-7-6-16-9-17)11-4-5-12(15-3)13(8-11)18(19)20;7-6-4-2-1-3-5-6/h4-10,14-15H,1-3H3;1-5H. The number of nitrogens with one attached hydrogen (secondary N) is 1. The molecular weight excluding hydrogens is 347 g/mol. The molecule has 0 aliphatic heterocycles. The molecule has 1 unspecified atom stereocenters. The van der Waals surface area contributed by atoms with Gasteiger partial charge < -0.3 is 9.88 Å². The fourth-order valence-corrected chi connectivity index (χ4v) is 2.85. The van der Waals surface area contributed by atoms with Crippen LogP contribution in [0.4, 0.5) is 15.8 Å². The molecule has 142 valence electrons. The van der Waals surface area contributed by atoms with Crippen LogP contribution in [0.3, 0.4) is 0 Å². The van der Waals surface area contributed by atoms with Crippen LogP contribution in [0.5, 0.6) is 0 Å². The quantitative estimate of drug-likeness (QED) is 0.512. The van der Waals surface area contributed by atoms with Crippen molar-refractivity contribution < 1.29 is 9.31 Å². The molecule has 1 N–H and O–H groups in total. The number of nitro benzene ring substituents is 1. The summed E-state index contributed by atoms with van der Waals surface area (Å²) in [5.41, 5.74) is 1.52. The molecular formula is C20H23FN4O2. The van der Waals surface area contributed by atoms with Crippen LogP contribution in [0.15, 0.2) is 67.3 Å². The molecule has 0 radical (unpaired) electrons. The average Bonchev–Trinajstić information content (AvgIpc) is 3.16. The Morgan fingerprint density at radius 2 is 1.89 bits per heavy atom. The number of benzene rings is 2. The number of hydrogen-bond acceptors (Lipinski definition) is 4. The van der Waals surface area contributed by atoms with Gasteiger partial charge in [-0.1, -0.05) is 38.1 Å². The van der Waals surface area contributed by atoms with E-state index in [2.05, 4.69) is 24.1 Å². The predicted molar refractivity (Wildman–Crippen MR) is 104 cm³/mol. The monoisotopic (exact) mass is 370 g/mol. The largest absolute Gasteiger partial charge is 0.383 e. The van der Waals surface area contributed by atoms with E-state index in [1.54, 1.807) is 49.9 Å². The Bertz CT molecular complexity index is 852. The third kappa shape index (κ3) is 5.37. The second kappa shape index (κ2) is 9.47. The molecule has 3 rings (SSSR count). The van der Waals surface area contributed by atoms with Crippen LogP contribution in [0, 0.1) is 21.8 Å². The fourth-order valence-electron chi connectivity index (χ4n) is 2.85. The second-order valence-corrected chi connectivity index (χ2v) is 6.28. The van der Waals surface area contributed by atoms with Crippen molar-refractivity contribution in [2.24, 2.45) is 5.92 Å². The molecule has 0 aliphatic carbocycles. The Kier molecular flexibility index (Phi) is 7.05. The molecule has 1 heterocycles. The second-order valence-electron chi connectivity index (χ2n) is 6.28. The van der Waals surface area contributed by atoms with Gasteiger partial charge in [0.05, 0.1) is 17.3 Å². The molecule has 7 heteroatoms. The summed E-state index contributed by atoms with van der Waals surface area (Å²) in [6.07, 6.45) is 5.33. The van der Waals surface area contributed by atoms with Crippen LogP contribution in [-0.2, 0) is 0 Å². The lowest BCUT2D eigenvalue weighted by atomic mass is 9.95. The van der Waals surface area contributed by atoms with Crippen molar-refractivity contribution in [1.29, 1.82) is 0 Å². The Labute approximate surface area is 157 Å². The lowest BCUT2D eigenvalue weighted by Crippen LogP contribution is -2.15. The minimum Gasteiger partial charge on any atom is -0.383 e. The number of nitro groups is 1. The molecule has 0 amide bonds. The van der Waals surface area contributed by atoms with E-state index in [0.29, 0.717) is 11.6 Å². The van der Waals surface area contributed by atoms with Gasteiger partial charge in [-0.3, -0.25) is 10.1 Å². The first-order valence-electron chi connectivity index (χ1n) is 8.58. The highest BCUT2D eigenvalue weighted by molar-refractivity contribution is 5.62. The van der Waals surface area contributed by atoms with Crippen LogP contribution in [0.25, 0.3) is 0 Å². The predicted octanol–water partition coefficient (Wildman–Crippen LogP) is 4.90.